The molecule has 0 aromatic rings. The molecule has 0 radical (unpaired) electrons. The van der Waals surface area contributed by atoms with Crippen LogP contribution in [0, 0.1) is 0 Å². The van der Waals surface area contributed by atoms with E-state index >= 15 is 0 Å². The Labute approximate surface area is 55.6 Å². The Balaban J connectivity index is 2.40. The van der Waals surface area contributed by atoms with Crippen molar-refractivity contribution in [2.45, 2.75) is 13.0 Å². The monoisotopic (exact) mass is 124 g/mol. The lowest BCUT2D eigenvalue weighted by Gasteiger charge is -2.12. The Morgan fingerprint density at radius 1 is 1.33 bits per heavy atom. The fraction of sp³-hybridized carbons (Fsp3) is 0.429. The third-order valence-corrected chi connectivity index (χ3v) is 1.23. The molecule has 0 saturated carbocycles. The molecule has 1 heterocycles. The van der Waals surface area contributed by atoms with Crippen molar-refractivity contribution in [1.82, 2.24) is 10.6 Å². The van der Waals surface area contributed by atoms with Crippen molar-refractivity contribution in [2.24, 2.45) is 0 Å². The van der Waals surface area contributed by atoms with Crippen LogP contribution in [0.4, 0.5) is 0 Å². The maximum atomic E-state index is 3.19. The van der Waals surface area contributed by atoms with E-state index < -0.39 is 0 Å². The highest BCUT2D eigenvalue weighted by Crippen LogP contribution is 1.83. The molecule has 1 aliphatic heterocycles. The van der Waals surface area contributed by atoms with Crippen molar-refractivity contribution in [1.29, 1.82) is 0 Å². The molecule has 0 amide bonds. The van der Waals surface area contributed by atoms with Gasteiger partial charge in [-0.3, -0.25) is 0 Å². The van der Waals surface area contributed by atoms with Gasteiger partial charge in [-0.25, -0.2) is 0 Å². The van der Waals surface area contributed by atoms with Gasteiger partial charge in [-0.15, -0.1) is 0 Å². The number of nitrogens with one attached hydrogen (secondary N) is 2. The first-order valence-corrected chi connectivity index (χ1v) is 3.21. The van der Waals surface area contributed by atoms with Gasteiger partial charge in [0.05, 0.1) is 0 Å². The third-order valence-electron chi connectivity index (χ3n) is 1.23. The van der Waals surface area contributed by atoms with Gasteiger partial charge in [-0.1, -0.05) is 0 Å². The zero-order valence-electron chi connectivity index (χ0n) is 5.59. The molecule has 1 rings (SSSR count). The molecule has 0 aliphatic carbocycles. The summed E-state index contributed by atoms with van der Waals surface area (Å²) in [5.74, 6) is 0. The summed E-state index contributed by atoms with van der Waals surface area (Å²) in [6.07, 6.45) is 7.86. The van der Waals surface area contributed by atoms with E-state index in [1.165, 1.54) is 0 Å². The van der Waals surface area contributed by atoms with Gasteiger partial charge in [-0.2, -0.15) is 0 Å². The summed E-state index contributed by atoms with van der Waals surface area (Å²) < 4.78 is 0. The largest absolute Gasteiger partial charge is 0.389 e. The van der Waals surface area contributed by atoms with Gasteiger partial charge in [0.1, 0.15) is 0 Å². The standard InChI is InChI=1S/C7H12N2/c1-7-6-8-4-2-3-5-9-7/h2-5,7-9H,6H2,1H3/b4-2-,5-3-. The molecular formula is C7H12N2. The minimum absolute atomic E-state index is 0.520. The average molecular weight is 124 g/mol. The zero-order valence-corrected chi connectivity index (χ0v) is 5.59. The number of rotatable bonds is 0. The van der Waals surface area contributed by atoms with Gasteiger partial charge in [-0.05, 0) is 31.5 Å². The van der Waals surface area contributed by atoms with Crippen LogP contribution in [-0.4, -0.2) is 12.6 Å². The molecule has 1 atom stereocenters. The van der Waals surface area contributed by atoms with E-state index in [1.54, 1.807) is 0 Å². The van der Waals surface area contributed by atoms with Crippen LogP contribution in [0.3, 0.4) is 0 Å². The zero-order chi connectivity index (χ0) is 6.53. The molecule has 0 fully saturated rings. The topological polar surface area (TPSA) is 24.1 Å². The fourth-order valence-electron chi connectivity index (χ4n) is 0.703. The summed E-state index contributed by atoms with van der Waals surface area (Å²) in [6.45, 7) is 3.12. The van der Waals surface area contributed by atoms with E-state index in [9.17, 15) is 0 Å². The second-order valence-electron chi connectivity index (χ2n) is 2.19. The molecule has 0 aromatic carbocycles. The van der Waals surface area contributed by atoms with Crippen LogP contribution in [0.5, 0.6) is 0 Å². The van der Waals surface area contributed by atoms with Crippen LogP contribution in [0.15, 0.2) is 24.6 Å². The maximum Gasteiger partial charge on any atom is 0.0400 e. The molecule has 1 aliphatic rings. The first-order valence-electron chi connectivity index (χ1n) is 3.21. The molecule has 2 heteroatoms. The molecule has 0 saturated heterocycles. The summed E-state index contributed by atoms with van der Waals surface area (Å²) in [6, 6.07) is 0.520. The van der Waals surface area contributed by atoms with E-state index in [-0.39, 0.29) is 0 Å². The molecule has 2 N–H and O–H groups in total. The van der Waals surface area contributed by atoms with Crippen LogP contribution in [0.25, 0.3) is 0 Å². The smallest absolute Gasteiger partial charge is 0.0400 e. The number of allylic oxidation sites excluding steroid dienone is 2. The van der Waals surface area contributed by atoms with Gasteiger partial charge < -0.3 is 10.6 Å². The van der Waals surface area contributed by atoms with Crippen LogP contribution >= 0.6 is 0 Å². The Morgan fingerprint density at radius 2 is 2.11 bits per heavy atom. The number of hydrogen-bond donors (Lipinski definition) is 2. The van der Waals surface area contributed by atoms with Gasteiger partial charge >= 0.3 is 0 Å². The van der Waals surface area contributed by atoms with Crippen molar-refractivity contribution in [3.8, 4) is 0 Å². The van der Waals surface area contributed by atoms with E-state index in [2.05, 4.69) is 17.6 Å². The Kier molecular flexibility index (Phi) is 2.19. The highest BCUT2D eigenvalue weighted by molar-refractivity contribution is 5.03. The number of hydrogen-bond acceptors (Lipinski definition) is 2. The van der Waals surface area contributed by atoms with Crippen molar-refractivity contribution < 1.29 is 0 Å². The Bertz CT molecular complexity index is 127. The fourth-order valence-corrected chi connectivity index (χ4v) is 0.703. The molecule has 1 unspecified atom stereocenters. The van der Waals surface area contributed by atoms with Crippen LogP contribution in [-0.2, 0) is 0 Å². The quantitative estimate of drug-likeness (QED) is 0.494. The highest BCUT2D eigenvalue weighted by atomic mass is 15.0. The lowest BCUT2D eigenvalue weighted by molar-refractivity contribution is 0.604. The van der Waals surface area contributed by atoms with Crippen molar-refractivity contribution >= 4 is 0 Å². The summed E-state index contributed by atoms with van der Waals surface area (Å²) in [5, 5.41) is 6.33. The molecule has 9 heavy (non-hydrogen) atoms. The third kappa shape index (κ3) is 2.22. The maximum absolute atomic E-state index is 3.19. The molecule has 0 aromatic heterocycles. The SMILES string of the molecule is CC1CN/C=C\C=C/N1. The van der Waals surface area contributed by atoms with Crippen LogP contribution in [0.1, 0.15) is 6.92 Å². The van der Waals surface area contributed by atoms with E-state index in [4.69, 9.17) is 0 Å². The van der Waals surface area contributed by atoms with E-state index in [0.717, 1.165) is 6.54 Å². The first kappa shape index (κ1) is 6.20. The summed E-state index contributed by atoms with van der Waals surface area (Å²) in [5.41, 5.74) is 0. The highest BCUT2D eigenvalue weighted by Gasteiger charge is 1.94. The van der Waals surface area contributed by atoms with Gasteiger partial charge in [0.2, 0.25) is 0 Å². The summed E-state index contributed by atoms with van der Waals surface area (Å²) in [7, 11) is 0. The van der Waals surface area contributed by atoms with E-state index in [0.29, 0.717) is 6.04 Å². The summed E-state index contributed by atoms with van der Waals surface area (Å²) >= 11 is 0. The lowest BCUT2D eigenvalue weighted by Crippen LogP contribution is -2.31. The molecule has 0 spiro atoms. The first-order chi connectivity index (χ1) is 4.39. The second-order valence-corrected chi connectivity index (χ2v) is 2.19. The minimum atomic E-state index is 0.520. The predicted molar refractivity (Wildman–Crippen MR) is 38.9 cm³/mol. The van der Waals surface area contributed by atoms with E-state index in [1.807, 2.05) is 24.6 Å². The predicted octanol–water partition coefficient (Wildman–Crippen LogP) is 0.595. The molecular weight excluding hydrogens is 112 g/mol. The van der Waals surface area contributed by atoms with Gasteiger partial charge in [0.15, 0.2) is 0 Å². The normalized spacial score (nSPS) is 32.8. The van der Waals surface area contributed by atoms with Crippen molar-refractivity contribution in [3.05, 3.63) is 24.6 Å². The van der Waals surface area contributed by atoms with Crippen LogP contribution in [0.2, 0.25) is 0 Å². The van der Waals surface area contributed by atoms with Crippen molar-refractivity contribution in [2.75, 3.05) is 6.54 Å². The van der Waals surface area contributed by atoms with Crippen molar-refractivity contribution in [3.63, 3.8) is 0 Å². The summed E-state index contributed by atoms with van der Waals surface area (Å²) in [4.78, 5) is 0. The van der Waals surface area contributed by atoms with Crippen LogP contribution < -0.4 is 10.6 Å². The van der Waals surface area contributed by atoms with Gasteiger partial charge in [0, 0.05) is 12.6 Å². The average Bonchev–Trinajstić information content (AvgIpc) is 1.79. The van der Waals surface area contributed by atoms with Gasteiger partial charge in [0.25, 0.3) is 0 Å². The minimum Gasteiger partial charge on any atom is -0.389 e. The molecule has 2 nitrogen and oxygen atoms in total. The Morgan fingerprint density at radius 3 is 3.00 bits per heavy atom. The molecule has 0 bridgehead atoms. The lowest BCUT2D eigenvalue weighted by atomic mass is 10.3. The second kappa shape index (κ2) is 3.17. The Hall–Kier alpha value is -0.920. The molecule has 50 valence electrons.